The summed E-state index contributed by atoms with van der Waals surface area (Å²) in [4.78, 5) is 28.7. The summed E-state index contributed by atoms with van der Waals surface area (Å²) in [5.74, 6) is 0.0606. The van der Waals surface area contributed by atoms with Crippen LogP contribution in [0.15, 0.2) is 41.3 Å². The first-order chi connectivity index (χ1) is 12.1. The van der Waals surface area contributed by atoms with Crippen LogP contribution in [-0.2, 0) is 11.3 Å². The van der Waals surface area contributed by atoms with Gasteiger partial charge in [0.25, 0.3) is 0 Å². The normalized spacial score (nSPS) is 17.0. The number of carbonyl (C=O) groups is 1. The summed E-state index contributed by atoms with van der Waals surface area (Å²) in [6, 6.07) is 9.06. The number of pyridine rings is 1. The zero-order chi connectivity index (χ0) is 17.8. The summed E-state index contributed by atoms with van der Waals surface area (Å²) in [7, 11) is 0. The van der Waals surface area contributed by atoms with Crippen molar-refractivity contribution >= 4 is 16.8 Å². The first-order valence-corrected chi connectivity index (χ1v) is 8.85. The molecular weight excluding hydrogens is 318 g/mol. The van der Waals surface area contributed by atoms with E-state index >= 15 is 0 Å². The van der Waals surface area contributed by atoms with Crippen LogP contribution in [0.5, 0.6) is 0 Å². The van der Waals surface area contributed by atoms with Gasteiger partial charge in [-0.2, -0.15) is 0 Å². The molecule has 1 amide bonds. The van der Waals surface area contributed by atoms with E-state index in [9.17, 15) is 14.7 Å². The van der Waals surface area contributed by atoms with Crippen molar-refractivity contribution in [3.05, 3.63) is 46.8 Å². The number of carbonyl (C=O) groups excluding carboxylic acids is 1. The Morgan fingerprint density at radius 3 is 2.56 bits per heavy atom. The molecule has 0 aliphatic carbocycles. The molecule has 0 saturated carbocycles. The lowest BCUT2D eigenvalue weighted by atomic mass is 10.1. The summed E-state index contributed by atoms with van der Waals surface area (Å²) in [6.45, 7) is 5.39. The van der Waals surface area contributed by atoms with Gasteiger partial charge in [-0.1, -0.05) is 19.1 Å². The molecule has 6 nitrogen and oxygen atoms in total. The fraction of sp³-hybridized carbons (Fsp3) is 0.474. The van der Waals surface area contributed by atoms with Gasteiger partial charge in [0.2, 0.25) is 5.91 Å². The molecule has 25 heavy (non-hydrogen) atoms. The van der Waals surface area contributed by atoms with E-state index in [1.165, 1.54) is 6.07 Å². The average molecular weight is 343 g/mol. The number of rotatable bonds is 5. The van der Waals surface area contributed by atoms with Crippen LogP contribution in [0.3, 0.4) is 0 Å². The predicted molar refractivity (Wildman–Crippen MR) is 97.5 cm³/mol. The Bertz CT molecular complexity index is 790. The molecular formula is C19H25N3O3. The number of piperazine rings is 1. The fourth-order valence-corrected chi connectivity index (χ4v) is 3.48. The molecule has 1 aromatic heterocycles. The minimum atomic E-state index is -0.0254. The van der Waals surface area contributed by atoms with Crippen molar-refractivity contribution in [2.75, 3.05) is 32.8 Å². The van der Waals surface area contributed by atoms with E-state index in [4.69, 9.17) is 0 Å². The molecule has 0 bridgehead atoms. The second-order valence-electron chi connectivity index (χ2n) is 6.49. The number of hydrogen-bond acceptors (Lipinski definition) is 4. The van der Waals surface area contributed by atoms with Crippen molar-refractivity contribution in [3.63, 3.8) is 0 Å². The lowest BCUT2D eigenvalue weighted by Gasteiger charge is -2.38. The van der Waals surface area contributed by atoms with E-state index in [-0.39, 0.29) is 30.5 Å². The predicted octanol–water partition coefficient (Wildman–Crippen LogP) is 0.917. The third-order valence-electron chi connectivity index (χ3n) is 5.06. The number of hydrogen-bond donors (Lipinski definition) is 1. The fourth-order valence-electron chi connectivity index (χ4n) is 3.48. The monoisotopic (exact) mass is 343 g/mol. The standard InChI is InChI=1S/C19H25N3O3/c1-2-15(14-23)20-9-11-21(12-10-20)19(25)13-22-8-7-18(24)16-5-3-4-6-17(16)22/h3-8,15,23H,2,9-14H2,1H3. The van der Waals surface area contributed by atoms with Gasteiger partial charge in [-0.15, -0.1) is 0 Å². The highest BCUT2D eigenvalue weighted by atomic mass is 16.3. The van der Waals surface area contributed by atoms with E-state index in [0.29, 0.717) is 18.5 Å². The first kappa shape index (κ1) is 17.6. The van der Waals surface area contributed by atoms with E-state index in [0.717, 1.165) is 25.0 Å². The van der Waals surface area contributed by atoms with Crippen LogP contribution in [0.4, 0.5) is 0 Å². The van der Waals surface area contributed by atoms with Crippen molar-refractivity contribution in [2.45, 2.75) is 25.9 Å². The highest BCUT2D eigenvalue weighted by Gasteiger charge is 2.25. The molecule has 0 radical (unpaired) electrons. The minimum Gasteiger partial charge on any atom is -0.395 e. The van der Waals surface area contributed by atoms with Gasteiger partial charge in [0, 0.05) is 49.9 Å². The van der Waals surface area contributed by atoms with Crippen LogP contribution in [0.1, 0.15) is 13.3 Å². The van der Waals surface area contributed by atoms with Gasteiger partial charge in [0.05, 0.1) is 12.1 Å². The minimum absolute atomic E-state index is 0.0254. The Labute approximate surface area is 147 Å². The maximum absolute atomic E-state index is 12.7. The van der Waals surface area contributed by atoms with Crippen molar-refractivity contribution in [1.29, 1.82) is 0 Å². The van der Waals surface area contributed by atoms with E-state index < -0.39 is 0 Å². The number of aromatic nitrogens is 1. The van der Waals surface area contributed by atoms with Crippen LogP contribution < -0.4 is 5.43 Å². The summed E-state index contributed by atoms with van der Waals surface area (Å²) in [6.07, 6.45) is 2.60. The number of aliphatic hydroxyl groups excluding tert-OH is 1. The highest BCUT2D eigenvalue weighted by molar-refractivity contribution is 5.82. The molecule has 1 unspecified atom stereocenters. The molecule has 1 aliphatic heterocycles. The SMILES string of the molecule is CCC(CO)N1CCN(C(=O)Cn2ccc(=O)c3ccccc32)CC1. The van der Waals surface area contributed by atoms with Crippen molar-refractivity contribution < 1.29 is 9.90 Å². The molecule has 134 valence electrons. The van der Waals surface area contributed by atoms with Gasteiger partial charge >= 0.3 is 0 Å². The van der Waals surface area contributed by atoms with E-state index in [1.54, 1.807) is 12.3 Å². The van der Waals surface area contributed by atoms with Crippen molar-refractivity contribution in [1.82, 2.24) is 14.4 Å². The topological polar surface area (TPSA) is 65.8 Å². The molecule has 0 spiro atoms. The third kappa shape index (κ3) is 3.75. The lowest BCUT2D eigenvalue weighted by molar-refractivity contribution is -0.134. The number of aliphatic hydroxyl groups is 1. The Hall–Kier alpha value is -2.18. The third-order valence-corrected chi connectivity index (χ3v) is 5.06. The Kier molecular flexibility index (Phi) is 5.50. The number of benzene rings is 1. The van der Waals surface area contributed by atoms with Crippen LogP contribution in [0.25, 0.3) is 10.9 Å². The lowest BCUT2D eigenvalue weighted by Crippen LogP contribution is -2.53. The Morgan fingerprint density at radius 1 is 1.16 bits per heavy atom. The molecule has 1 aromatic carbocycles. The smallest absolute Gasteiger partial charge is 0.242 e. The van der Waals surface area contributed by atoms with E-state index in [1.807, 2.05) is 27.7 Å². The molecule has 2 heterocycles. The first-order valence-electron chi connectivity index (χ1n) is 8.85. The maximum Gasteiger partial charge on any atom is 0.242 e. The van der Waals surface area contributed by atoms with Gasteiger partial charge < -0.3 is 14.6 Å². The molecule has 1 fully saturated rings. The molecule has 1 aliphatic rings. The maximum atomic E-state index is 12.7. The van der Waals surface area contributed by atoms with Gasteiger partial charge in [-0.25, -0.2) is 0 Å². The second kappa shape index (κ2) is 7.80. The molecule has 6 heteroatoms. The second-order valence-corrected chi connectivity index (χ2v) is 6.49. The van der Waals surface area contributed by atoms with Crippen LogP contribution in [0, 0.1) is 0 Å². The Morgan fingerprint density at radius 2 is 1.88 bits per heavy atom. The van der Waals surface area contributed by atoms with Crippen molar-refractivity contribution in [2.24, 2.45) is 0 Å². The van der Waals surface area contributed by atoms with Gasteiger partial charge in [-0.3, -0.25) is 14.5 Å². The Balaban J connectivity index is 1.68. The number of amides is 1. The van der Waals surface area contributed by atoms with Gasteiger partial charge in [0.1, 0.15) is 6.54 Å². The van der Waals surface area contributed by atoms with Crippen LogP contribution in [-0.4, -0.2) is 64.2 Å². The summed E-state index contributed by atoms with van der Waals surface area (Å²) >= 11 is 0. The quantitative estimate of drug-likeness (QED) is 0.877. The zero-order valence-corrected chi connectivity index (χ0v) is 14.6. The number of fused-ring (bicyclic) bond motifs is 1. The molecule has 1 saturated heterocycles. The number of para-hydroxylation sites is 1. The van der Waals surface area contributed by atoms with Crippen molar-refractivity contribution in [3.8, 4) is 0 Å². The highest BCUT2D eigenvalue weighted by Crippen LogP contribution is 2.12. The summed E-state index contributed by atoms with van der Waals surface area (Å²) in [5.41, 5.74) is 0.760. The van der Waals surface area contributed by atoms with E-state index in [2.05, 4.69) is 11.8 Å². The van der Waals surface area contributed by atoms with Crippen LogP contribution >= 0.6 is 0 Å². The molecule has 1 N–H and O–H groups in total. The summed E-state index contributed by atoms with van der Waals surface area (Å²) in [5, 5.41) is 10.1. The van der Waals surface area contributed by atoms with Crippen LogP contribution in [0.2, 0.25) is 0 Å². The summed E-state index contributed by atoms with van der Waals surface area (Å²) < 4.78 is 1.84. The molecule has 3 rings (SSSR count). The molecule has 2 aromatic rings. The zero-order valence-electron chi connectivity index (χ0n) is 14.6. The number of nitrogens with zero attached hydrogens (tertiary/aromatic N) is 3. The van der Waals surface area contributed by atoms with Gasteiger partial charge in [-0.05, 0) is 18.6 Å². The van der Waals surface area contributed by atoms with Gasteiger partial charge in [0.15, 0.2) is 5.43 Å². The molecule has 1 atom stereocenters. The largest absolute Gasteiger partial charge is 0.395 e. The average Bonchev–Trinajstić information content (AvgIpc) is 2.66.